The molecule has 0 aliphatic carbocycles. The highest BCUT2D eigenvalue weighted by Gasteiger charge is 2.06. The van der Waals surface area contributed by atoms with Crippen LogP contribution in [0.2, 0.25) is 0 Å². The standard InChI is InChI=1S/C19H28N4OS.HI/c1-6-20-19(22-12-18-23-14(3)15(4)25-18)21-10-9-16-11-13(2)7-8-17(16)24-5;/h7-8,11H,6,9-10,12H2,1-5H3,(H2,20,21,22);1H. The molecular weight excluding hydrogens is 459 g/mol. The fourth-order valence-corrected chi connectivity index (χ4v) is 3.37. The van der Waals surface area contributed by atoms with Crippen LogP contribution in [-0.4, -0.2) is 31.1 Å². The van der Waals surface area contributed by atoms with Gasteiger partial charge in [-0.1, -0.05) is 17.7 Å². The smallest absolute Gasteiger partial charge is 0.191 e. The molecule has 2 aromatic rings. The third-order valence-electron chi connectivity index (χ3n) is 3.91. The molecule has 0 saturated carbocycles. The van der Waals surface area contributed by atoms with Crippen molar-refractivity contribution in [3.8, 4) is 5.75 Å². The Morgan fingerprint density at radius 1 is 1.23 bits per heavy atom. The number of aryl methyl sites for hydroxylation is 3. The maximum absolute atomic E-state index is 5.44. The van der Waals surface area contributed by atoms with E-state index in [1.165, 1.54) is 16.0 Å². The number of methoxy groups -OCH3 is 1. The Morgan fingerprint density at radius 3 is 2.62 bits per heavy atom. The van der Waals surface area contributed by atoms with Gasteiger partial charge in [-0.15, -0.1) is 35.3 Å². The number of halogens is 1. The molecule has 26 heavy (non-hydrogen) atoms. The molecule has 1 aromatic carbocycles. The van der Waals surface area contributed by atoms with Crippen molar-refractivity contribution in [3.05, 3.63) is 44.9 Å². The number of benzene rings is 1. The number of hydrogen-bond donors (Lipinski definition) is 2. The van der Waals surface area contributed by atoms with Gasteiger partial charge < -0.3 is 15.4 Å². The lowest BCUT2D eigenvalue weighted by atomic mass is 10.1. The summed E-state index contributed by atoms with van der Waals surface area (Å²) in [4.78, 5) is 10.4. The Balaban J connectivity index is 0.00000338. The van der Waals surface area contributed by atoms with Crippen LogP contribution in [0.4, 0.5) is 0 Å². The first kappa shape index (κ1) is 22.7. The van der Waals surface area contributed by atoms with Gasteiger partial charge >= 0.3 is 0 Å². The molecule has 0 spiro atoms. The molecule has 0 aliphatic rings. The van der Waals surface area contributed by atoms with E-state index in [1.807, 2.05) is 13.0 Å². The largest absolute Gasteiger partial charge is 0.496 e. The van der Waals surface area contributed by atoms with E-state index in [0.29, 0.717) is 6.54 Å². The van der Waals surface area contributed by atoms with E-state index in [4.69, 9.17) is 4.74 Å². The Hall–Kier alpha value is -1.35. The number of aliphatic imine (C=N–C) groups is 1. The van der Waals surface area contributed by atoms with Crippen LogP contribution in [-0.2, 0) is 13.0 Å². The molecule has 0 aliphatic heterocycles. The number of thiazole rings is 1. The van der Waals surface area contributed by atoms with Crippen molar-refractivity contribution in [1.29, 1.82) is 0 Å². The van der Waals surface area contributed by atoms with Crippen molar-refractivity contribution in [1.82, 2.24) is 15.6 Å². The summed E-state index contributed by atoms with van der Waals surface area (Å²) in [5.41, 5.74) is 3.54. The molecule has 144 valence electrons. The van der Waals surface area contributed by atoms with Gasteiger partial charge in [0, 0.05) is 18.0 Å². The Morgan fingerprint density at radius 2 is 2.00 bits per heavy atom. The van der Waals surface area contributed by atoms with E-state index in [1.54, 1.807) is 18.4 Å². The third-order valence-corrected chi connectivity index (χ3v) is 4.97. The van der Waals surface area contributed by atoms with Gasteiger partial charge in [-0.25, -0.2) is 9.98 Å². The van der Waals surface area contributed by atoms with Crippen LogP contribution in [0.5, 0.6) is 5.75 Å². The molecule has 0 atom stereocenters. The first-order valence-electron chi connectivity index (χ1n) is 8.62. The van der Waals surface area contributed by atoms with Crippen molar-refractivity contribution in [3.63, 3.8) is 0 Å². The van der Waals surface area contributed by atoms with Gasteiger partial charge in [-0.05, 0) is 45.7 Å². The molecule has 0 radical (unpaired) electrons. The van der Waals surface area contributed by atoms with Crippen LogP contribution in [0.3, 0.4) is 0 Å². The van der Waals surface area contributed by atoms with Crippen LogP contribution < -0.4 is 15.4 Å². The molecule has 5 nitrogen and oxygen atoms in total. The molecule has 0 fully saturated rings. The zero-order valence-electron chi connectivity index (χ0n) is 16.2. The number of hydrogen-bond acceptors (Lipinski definition) is 4. The first-order valence-corrected chi connectivity index (χ1v) is 9.43. The summed E-state index contributed by atoms with van der Waals surface area (Å²) in [7, 11) is 1.71. The first-order chi connectivity index (χ1) is 12.0. The number of ether oxygens (including phenoxy) is 1. The molecule has 1 heterocycles. The molecule has 0 bridgehead atoms. The summed E-state index contributed by atoms with van der Waals surface area (Å²) < 4.78 is 5.44. The summed E-state index contributed by atoms with van der Waals surface area (Å²) in [6.07, 6.45) is 0.880. The van der Waals surface area contributed by atoms with Crippen LogP contribution in [0.15, 0.2) is 23.2 Å². The Kier molecular flexibility index (Phi) is 9.93. The van der Waals surface area contributed by atoms with Crippen molar-refractivity contribution in [2.75, 3.05) is 20.2 Å². The van der Waals surface area contributed by atoms with Gasteiger partial charge in [0.15, 0.2) is 5.96 Å². The van der Waals surface area contributed by atoms with Gasteiger partial charge in [-0.2, -0.15) is 0 Å². The fourth-order valence-electron chi connectivity index (χ4n) is 2.51. The van der Waals surface area contributed by atoms with Crippen LogP contribution in [0.25, 0.3) is 0 Å². The third kappa shape index (κ3) is 6.75. The number of nitrogens with one attached hydrogen (secondary N) is 2. The van der Waals surface area contributed by atoms with E-state index in [9.17, 15) is 0 Å². The summed E-state index contributed by atoms with van der Waals surface area (Å²) in [6, 6.07) is 6.27. The summed E-state index contributed by atoms with van der Waals surface area (Å²) in [5.74, 6) is 1.75. The highest BCUT2D eigenvalue weighted by molar-refractivity contribution is 14.0. The number of guanidine groups is 1. The minimum atomic E-state index is 0. The van der Waals surface area contributed by atoms with Gasteiger partial charge in [-0.3, -0.25) is 0 Å². The highest BCUT2D eigenvalue weighted by Crippen LogP contribution is 2.20. The minimum Gasteiger partial charge on any atom is -0.496 e. The van der Waals surface area contributed by atoms with Gasteiger partial charge in [0.05, 0.1) is 19.3 Å². The van der Waals surface area contributed by atoms with Crippen molar-refractivity contribution in [2.24, 2.45) is 4.99 Å². The topological polar surface area (TPSA) is 58.5 Å². The minimum absolute atomic E-state index is 0. The lowest BCUT2D eigenvalue weighted by Gasteiger charge is -2.13. The molecular formula is C19H29IN4OS. The van der Waals surface area contributed by atoms with Crippen molar-refractivity contribution < 1.29 is 4.74 Å². The average Bonchev–Trinajstić information content (AvgIpc) is 2.91. The fraction of sp³-hybridized carbons (Fsp3) is 0.474. The SMILES string of the molecule is CCNC(=NCc1nc(C)c(C)s1)NCCc1cc(C)ccc1OC.I. The van der Waals surface area contributed by atoms with Gasteiger partial charge in [0.25, 0.3) is 0 Å². The molecule has 0 unspecified atom stereocenters. The molecule has 0 amide bonds. The lowest BCUT2D eigenvalue weighted by Crippen LogP contribution is -2.38. The van der Waals surface area contributed by atoms with Crippen LogP contribution >= 0.6 is 35.3 Å². The number of nitrogens with zero attached hydrogens (tertiary/aromatic N) is 2. The number of rotatable bonds is 7. The van der Waals surface area contributed by atoms with Gasteiger partial charge in [0.1, 0.15) is 10.8 Å². The van der Waals surface area contributed by atoms with E-state index < -0.39 is 0 Å². The van der Waals surface area contributed by atoms with E-state index >= 15 is 0 Å². The molecule has 0 saturated heterocycles. The molecule has 7 heteroatoms. The lowest BCUT2D eigenvalue weighted by molar-refractivity contribution is 0.409. The summed E-state index contributed by atoms with van der Waals surface area (Å²) in [6.45, 7) is 10.5. The second-order valence-electron chi connectivity index (χ2n) is 5.94. The Labute approximate surface area is 177 Å². The highest BCUT2D eigenvalue weighted by atomic mass is 127. The van der Waals surface area contributed by atoms with E-state index in [0.717, 1.165) is 41.9 Å². The zero-order chi connectivity index (χ0) is 18.2. The van der Waals surface area contributed by atoms with E-state index in [2.05, 4.69) is 53.5 Å². The second-order valence-corrected chi connectivity index (χ2v) is 7.22. The normalized spacial score (nSPS) is 11.0. The van der Waals surface area contributed by atoms with Gasteiger partial charge in [0.2, 0.25) is 0 Å². The summed E-state index contributed by atoms with van der Waals surface area (Å²) >= 11 is 1.71. The predicted octanol–water partition coefficient (Wildman–Crippen LogP) is 3.99. The molecule has 1 aromatic heterocycles. The summed E-state index contributed by atoms with van der Waals surface area (Å²) in [5, 5.41) is 7.73. The molecule has 2 N–H and O–H groups in total. The van der Waals surface area contributed by atoms with Crippen molar-refractivity contribution in [2.45, 2.75) is 40.7 Å². The zero-order valence-corrected chi connectivity index (χ0v) is 19.3. The van der Waals surface area contributed by atoms with Crippen molar-refractivity contribution >= 4 is 41.3 Å². The monoisotopic (exact) mass is 488 g/mol. The number of aromatic nitrogens is 1. The maximum atomic E-state index is 5.44. The predicted molar refractivity (Wildman–Crippen MR) is 121 cm³/mol. The average molecular weight is 488 g/mol. The molecule has 2 rings (SSSR count). The van der Waals surface area contributed by atoms with E-state index in [-0.39, 0.29) is 24.0 Å². The Bertz CT molecular complexity index is 711. The maximum Gasteiger partial charge on any atom is 0.191 e. The quantitative estimate of drug-likeness (QED) is 0.352. The van der Waals surface area contributed by atoms with Crippen LogP contribution in [0, 0.1) is 20.8 Å². The van der Waals surface area contributed by atoms with Crippen LogP contribution in [0.1, 0.15) is 33.6 Å². The second kappa shape index (κ2) is 11.4.